The van der Waals surface area contributed by atoms with Crippen molar-refractivity contribution in [3.05, 3.63) is 89.5 Å². The first-order valence-electron chi connectivity index (χ1n) is 9.71. The third-order valence-electron chi connectivity index (χ3n) is 5.26. The lowest BCUT2D eigenvalue weighted by Gasteiger charge is -2.08. The number of ketones is 1. The smallest absolute Gasteiger partial charge is 0.206 e. The second kappa shape index (κ2) is 8.21. The number of methoxy groups -OCH3 is 1. The van der Waals surface area contributed by atoms with E-state index < -0.39 is 0 Å². The molecule has 0 spiro atoms. The number of aryl methyl sites for hydroxylation is 1. The van der Waals surface area contributed by atoms with E-state index in [1.165, 1.54) is 19.3 Å². The van der Waals surface area contributed by atoms with Gasteiger partial charge < -0.3 is 14.4 Å². The zero-order chi connectivity index (χ0) is 22.0. The van der Waals surface area contributed by atoms with Crippen LogP contribution in [0.5, 0.6) is 11.5 Å². The van der Waals surface area contributed by atoms with Gasteiger partial charge in [0.1, 0.15) is 11.6 Å². The minimum absolute atomic E-state index is 0.0156. The Morgan fingerprint density at radius 3 is 2.45 bits per heavy atom. The Morgan fingerprint density at radius 1 is 1.06 bits per heavy atom. The normalized spacial score (nSPS) is 11.3. The van der Waals surface area contributed by atoms with Gasteiger partial charge in [0, 0.05) is 18.0 Å². The predicted molar refractivity (Wildman–Crippen MR) is 121 cm³/mol. The van der Waals surface area contributed by atoms with Crippen molar-refractivity contribution in [2.45, 2.75) is 0 Å². The highest BCUT2D eigenvalue weighted by molar-refractivity contribution is 6.23. The van der Waals surface area contributed by atoms with Crippen molar-refractivity contribution in [1.82, 2.24) is 4.57 Å². The van der Waals surface area contributed by atoms with Gasteiger partial charge in [-0.2, -0.15) is 5.26 Å². The number of phenolic OH excluding ortho intramolecular Hbond substituents is 1. The third-order valence-corrected chi connectivity index (χ3v) is 5.26. The van der Waals surface area contributed by atoms with Crippen molar-refractivity contribution in [2.75, 3.05) is 7.11 Å². The van der Waals surface area contributed by atoms with Crippen LogP contribution in [0.15, 0.2) is 78.4 Å². The van der Waals surface area contributed by atoms with Crippen LogP contribution >= 0.6 is 0 Å². The molecule has 0 aliphatic heterocycles. The number of ether oxygens (including phenoxy) is 1. The van der Waals surface area contributed by atoms with Gasteiger partial charge in [0.15, 0.2) is 11.5 Å². The lowest BCUT2D eigenvalue weighted by molar-refractivity contribution is 0.104. The lowest BCUT2D eigenvalue weighted by Crippen LogP contribution is -2.05. The molecule has 4 rings (SSSR count). The summed E-state index contributed by atoms with van der Waals surface area (Å²) in [4.78, 5) is 13.6. The molecule has 0 bridgehead atoms. The van der Waals surface area contributed by atoms with E-state index in [4.69, 9.17) is 4.74 Å². The Morgan fingerprint density at radius 2 is 1.77 bits per heavy atom. The van der Waals surface area contributed by atoms with E-state index in [-0.39, 0.29) is 17.1 Å². The molecule has 5 heteroatoms. The van der Waals surface area contributed by atoms with E-state index >= 15 is 0 Å². The highest BCUT2D eigenvalue weighted by atomic mass is 16.5. The third kappa shape index (κ3) is 3.56. The van der Waals surface area contributed by atoms with Gasteiger partial charge in [0.25, 0.3) is 0 Å². The minimum atomic E-state index is -0.367. The van der Waals surface area contributed by atoms with Crippen LogP contribution < -0.4 is 4.74 Å². The number of Topliss-reactive ketones (excluding diaryl/α,β-unsaturated/α-hetero) is 1. The number of carbonyl (C=O) groups excluding carboxylic acids is 1. The highest BCUT2D eigenvalue weighted by Crippen LogP contribution is 2.35. The summed E-state index contributed by atoms with van der Waals surface area (Å²) in [6, 6.07) is 24.1. The number of aromatic nitrogens is 1. The minimum Gasteiger partial charge on any atom is -0.504 e. The molecule has 0 fully saturated rings. The fourth-order valence-corrected chi connectivity index (χ4v) is 3.80. The number of hydrogen-bond acceptors (Lipinski definition) is 4. The van der Waals surface area contributed by atoms with Gasteiger partial charge in [0.05, 0.1) is 18.4 Å². The molecule has 152 valence electrons. The molecule has 0 aliphatic rings. The number of allylic oxidation sites excluding steroid dienone is 1. The number of rotatable bonds is 5. The summed E-state index contributed by atoms with van der Waals surface area (Å²) in [5.41, 5.74) is 3.55. The van der Waals surface area contributed by atoms with Crippen molar-refractivity contribution < 1.29 is 14.6 Å². The van der Waals surface area contributed by atoms with Gasteiger partial charge in [-0.1, -0.05) is 54.6 Å². The topological polar surface area (TPSA) is 75.2 Å². The number of nitriles is 1. The van der Waals surface area contributed by atoms with Crippen molar-refractivity contribution in [3.8, 4) is 28.8 Å². The molecule has 1 aromatic heterocycles. The number of phenols is 1. The van der Waals surface area contributed by atoms with Crippen molar-refractivity contribution in [1.29, 1.82) is 5.26 Å². The van der Waals surface area contributed by atoms with E-state index in [0.717, 1.165) is 22.2 Å². The zero-order valence-corrected chi connectivity index (χ0v) is 17.2. The van der Waals surface area contributed by atoms with Crippen molar-refractivity contribution in [2.24, 2.45) is 7.05 Å². The van der Waals surface area contributed by atoms with Gasteiger partial charge in [-0.25, -0.2) is 0 Å². The average Bonchev–Trinajstić information content (AvgIpc) is 3.10. The number of nitrogens with zero attached hydrogens (tertiary/aromatic N) is 2. The summed E-state index contributed by atoms with van der Waals surface area (Å²) in [6.45, 7) is 0. The molecule has 0 amide bonds. The second-order valence-corrected chi connectivity index (χ2v) is 7.10. The Bertz CT molecular complexity index is 1360. The van der Waals surface area contributed by atoms with Crippen LogP contribution in [0.4, 0.5) is 0 Å². The standard InChI is InChI=1S/C26H20N2O3/c1-28-21-11-7-6-10-20(21)24(25(28)18-8-4-3-5-9-18)26(30)19(16-27)14-17-12-13-23(31-2)22(29)15-17/h3-15,29H,1-2H3/b19-14+. The van der Waals surface area contributed by atoms with Crippen LogP contribution in [0.25, 0.3) is 28.2 Å². The van der Waals surface area contributed by atoms with Crippen LogP contribution in [0.2, 0.25) is 0 Å². The van der Waals surface area contributed by atoms with Crippen LogP contribution in [-0.4, -0.2) is 22.6 Å². The molecule has 0 saturated heterocycles. The van der Waals surface area contributed by atoms with E-state index in [0.29, 0.717) is 16.9 Å². The molecule has 31 heavy (non-hydrogen) atoms. The van der Waals surface area contributed by atoms with E-state index in [9.17, 15) is 15.2 Å². The van der Waals surface area contributed by atoms with Crippen LogP contribution in [0, 0.1) is 11.3 Å². The summed E-state index contributed by atoms with van der Waals surface area (Å²) < 4.78 is 7.04. The Hall–Kier alpha value is -4.30. The summed E-state index contributed by atoms with van der Waals surface area (Å²) in [5.74, 6) is -0.105. The molecule has 0 radical (unpaired) electrons. The largest absolute Gasteiger partial charge is 0.504 e. The van der Waals surface area contributed by atoms with Gasteiger partial charge in [-0.15, -0.1) is 0 Å². The lowest BCUT2D eigenvalue weighted by atomic mass is 9.96. The van der Waals surface area contributed by atoms with Crippen LogP contribution in [-0.2, 0) is 7.05 Å². The molecule has 0 unspecified atom stereocenters. The number of carbonyl (C=O) groups is 1. The maximum atomic E-state index is 13.6. The fraction of sp³-hybridized carbons (Fsp3) is 0.0769. The summed E-state index contributed by atoms with van der Waals surface area (Å²) in [5, 5.41) is 20.6. The van der Waals surface area contributed by atoms with Crippen LogP contribution in [0.1, 0.15) is 15.9 Å². The quantitative estimate of drug-likeness (QED) is 0.274. The Balaban J connectivity index is 1.91. The molecule has 3 aromatic carbocycles. The second-order valence-electron chi connectivity index (χ2n) is 7.10. The molecule has 1 N–H and O–H groups in total. The highest BCUT2D eigenvalue weighted by Gasteiger charge is 2.24. The number of benzene rings is 3. The monoisotopic (exact) mass is 408 g/mol. The predicted octanol–water partition coefficient (Wildman–Crippen LogP) is 5.35. The number of para-hydroxylation sites is 1. The van der Waals surface area contributed by atoms with Gasteiger partial charge in [0.2, 0.25) is 5.78 Å². The Kier molecular flexibility index (Phi) is 5.30. The van der Waals surface area contributed by atoms with Crippen LogP contribution in [0.3, 0.4) is 0 Å². The summed E-state index contributed by atoms with van der Waals surface area (Å²) in [6.07, 6.45) is 1.48. The van der Waals surface area contributed by atoms with E-state index in [1.54, 1.807) is 12.1 Å². The number of hydrogen-bond donors (Lipinski definition) is 1. The number of aromatic hydroxyl groups is 1. The average molecular weight is 408 g/mol. The van der Waals surface area contributed by atoms with Crippen molar-refractivity contribution >= 4 is 22.8 Å². The molecular weight excluding hydrogens is 388 g/mol. The molecule has 0 atom stereocenters. The maximum absolute atomic E-state index is 13.6. The first-order valence-corrected chi connectivity index (χ1v) is 9.71. The fourth-order valence-electron chi connectivity index (χ4n) is 3.80. The zero-order valence-electron chi connectivity index (χ0n) is 17.2. The molecule has 4 aromatic rings. The first-order chi connectivity index (χ1) is 15.0. The van der Waals surface area contributed by atoms with Gasteiger partial charge in [-0.05, 0) is 35.4 Å². The summed E-state index contributed by atoms with van der Waals surface area (Å²) in [7, 11) is 3.37. The van der Waals surface area contributed by atoms with E-state index in [1.807, 2.05) is 72.3 Å². The summed E-state index contributed by atoms with van der Waals surface area (Å²) >= 11 is 0. The Labute approximate surface area is 180 Å². The van der Waals surface area contributed by atoms with Gasteiger partial charge >= 0.3 is 0 Å². The van der Waals surface area contributed by atoms with E-state index in [2.05, 4.69) is 0 Å². The molecule has 1 heterocycles. The molecular formula is C26H20N2O3. The maximum Gasteiger partial charge on any atom is 0.206 e. The SMILES string of the molecule is COc1ccc(/C=C(\C#N)C(=O)c2c(-c3ccccc3)n(C)c3ccccc23)cc1O. The molecule has 0 aliphatic carbocycles. The van der Waals surface area contributed by atoms with Gasteiger partial charge in [-0.3, -0.25) is 4.79 Å². The number of fused-ring (bicyclic) bond motifs is 1. The molecule has 5 nitrogen and oxygen atoms in total. The first kappa shape index (κ1) is 20.0. The van der Waals surface area contributed by atoms with Crippen molar-refractivity contribution in [3.63, 3.8) is 0 Å². The molecule has 0 saturated carbocycles.